The van der Waals surface area contributed by atoms with Crippen LogP contribution in [0.4, 0.5) is 0 Å². The van der Waals surface area contributed by atoms with E-state index in [0.717, 1.165) is 5.92 Å². The van der Waals surface area contributed by atoms with Crippen LogP contribution in [0, 0.1) is 5.92 Å². The van der Waals surface area contributed by atoms with Crippen molar-refractivity contribution in [3.05, 3.63) is 60.7 Å². The molecule has 0 heterocycles. The number of rotatable bonds is 5. The fourth-order valence-corrected chi connectivity index (χ4v) is 4.68. The highest BCUT2D eigenvalue weighted by Crippen LogP contribution is 2.36. The Morgan fingerprint density at radius 2 is 1.28 bits per heavy atom. The van der Waals surface area contributed by atoms with Gasteiger partial charge in [-0.1, -0.05) is 80.9 Å². The van der Waals surface area contributed by atoms with E-state index in [0.29, 0.717) is 0 Å². The van der Waals surface area contributed by atoms with E-state index >= 15 is 0 Å². The Bertz CT molecular complexity index is 410. The second kappa shape index (κ2) is 6.71. The van der Waals surface area contributed by atoms with Gasteiger partial charge < -0.3 is 0 Å². The quantitative estimate of drug-likeness (QED) is 0.704. The van der Waals surface area contributed by atoms with Gasteiger partial charge in [-0.05, 0) is 30.6 Å². The van der Waals surface area contributed by atoms with Gasteiger partial charge in [-0.2, -0.15) is 0 Å². The van der Waals surface area contributed by atoms with Crippen LogP contribution in [0.2, 0.25) is 0 Å². The van der Waals surface area contributed by atoms with E-state index in [2.05, 4.69) is 74.5 Å². The SMILES string of the molecule is CCC(C)CP(c1ccccc1)c1ccccc1. The summed E-state index contributed by atoms with van der Waals surface area (Å²) in [5.74, 6) is 0.788. The first kappa shape index (κ1) is 13.3. The predicted molar refractivity (Wildman–Crippen MR) is 83.4 cm³/mol. The molecule has 0 N–H and O–H groups in total. The zero-order chi connectivity index (χ0) is 12.8. The van der Waals surface area contributed by atoms with Gasteiger partial charge in [0.1, 0.15) is 0 Å². The van der Waals surface area contributed by atoms with Gasteiger partial charge in [-0.15, -0.1) is 0 Å². The van der Waals surface area contributed by atoms with Crippen LogP contribution in [0.3, 0.4) is 0 Å². The first-order chi connectivity index (χ1) is 8.81. The molecule has 0 saturated carbocycles. The lowest BCUT2D eigenvalue weighted by molar-refractivity contribution is 0.634. The van der Waals surface area contributed by atoms with Gasteiger partial charge in [-0.3, -0.25) is 0 Å². The van der Waals surface area contributed by atoms with Crippen molar-refractivity contribution in [2.45, 2.75) is 20.3 Å². The maximum Gasteiger partial charge on any atom is -0.0195 e. The third kappa shape index (κ3) is 3.43. The van der Waals surface area contributed by atoms with Crippen molar-refractivity contribution in [2.75, 3.05) is 6.16 Å². The second-order valence-electron chi connectivity index (χ2n) is 4.80. The molecule has 0 aliphatic carbocycles. The standard InChI is InChI=1S/C17H21P/c1-3-15(2)14-18(16-10-6-4-7-11-16)17-12-8-5-9-13-17/h4-13,15H,3,14H2,1-2H3. The Kier molecular flexibility index (Phi) is 4.96. The molecule has 94 valence electrons. The number of hydrogen-bond acceptors (Lipinski definition) is 0. The molecule has 18 heavy (non-hydrogen) atoms. The van der Waals surface area contributed by atoms with Crippen molar-refractivity contribution in [1.29, 1.82) is 0 Å². The van der Waals surface area contributed by atoms with Crippen LogP contribution in [0.15, 0.2) is 60.7 Å². The Hall–Kier alpha value is -1.13. The monoisotopic (exact) mass is 256 g/mol. The van der Waals surface area contributed by atoms with Crippen LogP contribution < -0.4 is 10.6 Å². The molecule has 0 aliphatic rings. The van der Waals surface area contributed by atoms with Gasteiger partial charge in [0, 0.05) is 0 Å². The molecule has 1 atom stereocenters. The van der Waals surface area contributed by atoms with Crippen LogP contribution >= 0.6 is 7.92 Å². The Labute approximate surface area is 112 Å². The summed E-state index contributed by atoms with van der Waals surface area (Å²) in [6.45, 7) is 4.65. The smallest absolute Gasteiger partial charge is 0.0195 e. The van der Waals surface area contributed by atoms with Gasteiger partial charge in [-0.25, -0.2) is 0 Å². The molecule has 0 saturated heterocycles. The van der Waals surface area contributed by atoms with Crippen molar-refractivity contribution in [1.82, 2.24) is 0 Å². The number of hydrogen-bond donors (Lipinski definition) is 0. The van der Waals surface area contributed by atoms with Crippen LogP contribution in [-0.4, -0.2) is 6.16 Å². The lowest BCUT2D eigenvalue weighted by atomic mass is 10.2. The molecule has 0 spiro atoms. The molecule has 0 aliphatic heterocycles. The third-order valence-corrected chi connectivity index (χ3v) is 6.16. The summed E-state index contributed by atoms with van der Waals surface area (Å²) in [6, 6.07) is 21.9. The largest absolute Gasteiger partial charge is 0.0651 e. The average molecular weight is 256 g/mol. The molecular weight excluding hydrogens is 235 g/mol. The Morgan fingerprint density at radius 3 is 1.67 bits per heavy atom. The summed E-state index contributed by atoms with van der Waals surface area (Å²) in [5.41, 5.74) is 0. The summed E-state index contributed by atoms with van der Waals surface area (Å²) < 4.78 is 0. The highest BCUT2D eigenvalue weighted by atomic mass is 31.1. The molecule has 0 amide bonds. The second-order valence-corrected chi connectivity index (χ2v) is 7.05. The first-order valence-corrected chi connectivity index (χ1v) is 8.21. The summed E-state index contributed by atoms with van der Waals surface area (Å²) in [6.07, 6.45) is 2.55. The molecule has 0 bridgehead atoms. The molecular formula is C17H21P. The van der Waals surface area contributed by atoms with Crippen LogP contribution in [-0.2, 0) is 0 Å². The van der Waals surface area contributed by atoms with Gasteiger partial charge in [0.15, 0.2) is 0 Å². The van der Waals surface area contributed by atoms with E-state index in [1.165, 1.54) is 23.2 Å². The minimum Gasteiger partial charge on any atom is -0.0651 e. The minimum atomic E-state index is -0.196. The van der Waals surface area contributed by atoms with E-state index in [1.54, 1.807) is 0 Å². The lowest BCUT2D eigenvalue weighted by Crippen LogP contribution is -2.16. The first-order valence-electron chi connectivity index (χ1n) is 6.69. The van der Waals surface area contributed by atoms with E-state index in [1.807, 2.05) is 0 Å². The average Bonchev–Trinajstić information content (AvgIpc) is 2.46. The minimum absolute atomic E-state index is 0.196. The lowest BCUT2D eigenvalue weighted by Gasteiger charge is -2.21. The summed E-state index contributed by atoms with van der Waals surface area (Å²) >= 11 is 0. The Balaban J connectivity index is 2.29. The third-order valence-electron chi connectivity index (χ3n) is 3.33. The molecule has 0 fully saturated rings. The predicted octanol–water partition coefficient (Wildman–Crippen LogP) is 4.17. The van der Waals surface area contributed by atoms with Crippen LogP contribution in [0.25, 0.3) is 0 Å². The van der Waals surface area contributed by atoms with Crippen molar-refractivity contribution in [3.63, 3.8) is 0 Å². The molecule has 0 nitrogen and oxygen atoms in total. The maximum absolute atomic E-state index is 2.36. The van der Waals surface area contributed by atoms with Crippen molar-refractivity contribution in [2.24, 2.45) is 5.92 Å². The van der Waals surface area contributed by atoms with Crippen molar-refractivity contribution >= 4 is 18.5 Å². The van der Waals surface area contributed by atoms with E-state index in [9.17, 15) is 0 Å². The normalized spacial score (nSPS) is 12.6. The van der Waals surface area contributed by atoms with Crippen LogP contribution in [0.5, 0.6) is 0 Å². The van der Waals surface area contributed by atoms with E-state index < -0.39 is 0 Å². The Morgan fingerprint density at radius 1 is 0.833 bits per heavy atom. The number of benzene rings is 2. The zero-order valence-corrected chi connectivity index (χ0v) is 12.1. The fourth-order valence-electron chi connectivity index (χ4n) is 2.02. The van der Waals surface area contributed by atoms with Gasteiger partial charge in [0.05, 0.1) is 0 Å². The molecule has 2 rings (SSSR count). The van der Waals surface area contributed by atoms with E-state index in [4.69, 9.17) is 0 Å². The highest BCUT2D eigenvalue weighted by Gasteiger charge is 2.15. The summed E-state index contributed by atoms with van der Waals surface area (Å²) in [4.78, 5) is 0. The molecule has 2 aromatic carbocycles. The zero-order valence-electron chi connectivity index (χ0n) is 11.2. The molecule has 2 aromatic rings. The van der Waals surface area contributed by atoms with Gasteiger partial charge >= 0.3 is 0 Å². The molecule has 0 aromatic heterocycles. The van der Waals surface area contributed by atoms with Gasteiger partial charge in [0.2, 0.25) is 0 Å². The summed E-state index contributed by atoms with van der Waals surface area (Å²) in [5, 5.41) is 3.00. The van der Waals surface area contributed by atoms with Crippen molar-refractivity contribution in [3.8, 4) is 0 Å². The van der Waals surface area contributed by atoms with Crippen LogP contribution in [0.1, 0.15) is 20.3 Å². The molecule has 1 heteroatoms. The van der Waals surface area contributed by atoms with E-state index in [-0.39, 0.29) is 7.92 Å². The van der Waals surface area contributed by atoms with Crippen molar-refractivity contribution < 1.29 is 0 Å². The highest BCUT2D eigenvalue weighted by molar-refractivity contribution is 7.73. The molecule has 0 radical (unpaired) electrons. The fraction of sp³-hybridized carbons (Fsp3) is 0.294. The maximum atomic E-state index is 2.36. The molecule has 1 unspecified atom stereocenters. The van der Waals surface area contributed by atoms with Gasteiger partial charge in [0.25, 0.3) is 0 Å². The topological polar surface area (TPSA) is 0 Å². The summed E-state index contributed by atoms with van der Waals surface area (Å²) in [7, 11) is -0.196.